The SMILES string of the molecule is C[N+](C)=C/C(=C1/C=C(c2ccccc2)SS1)c1ccccc1.[O-][Cl+3]([O-])([O-])[O-]. The molecule has 0 unspecified atom stereocenters. The Morgan fingerprint density at radius 1 is 0.852 bits per heavy atom. The first kappa shape index (κ1) is 21.7. The van der Waals surface area contributed by atoms with Gasteiger partial charge >= 0.3 is 0 Å². The van der Waals surface area contributed by atoms with Crippen LogP contribution in [-0.4, -0.2) is 24.9 Å². The summed E-state index contributed by atoms with van der Waals surface area (Å²) in [4.78, 5) is 2.63. The van der Waals surface area contributed by atoms with Crippen LogP contribution >= 0.6 is 21.6 Å². The van der Waals surface area contributed by atoms with Gasteiger partial charge in [0.15, 0.2) is 6.21 Å². The fourth-order valence-electron chi connectivity index (χ4n) is 2.27. The van der Waals surface area contributed by atoms with Gasteiger partial charge in [-0.15, -0.1) is 10.2 Å². The number of halogens is 1. The van der Waals surface area contributed by atoms with E-state index in [1.165, 1.54) is 26.5 Å². The number of allylic oxidation sites excluding steroid dienone is 2. The van der Waals surface area contributed by atoms with Gasteiger partial charge < -0.3 is 0 Å². The third-order valence-electron chi connectivity index (χ3n) is 3.28. The molecule has 0 amide bonds. The summed E-state index contributed by atoms with van der Waals surface area (Å²) in [6, 6.07) is 21.2. The molecule has 0 saturated heterocycles. The lowest BCUT2D eigenvalue weighted by Crippen LogP contribution is -2.68. The Morgan fingerprint density at radius 2 is 1.37 bits per heavy atom. The maximum atomic E-state index is 8.49. The third kappa shape index (κ3) is 7.90. The molecule has 142 valence electrons. The minimum atomic E-state index is -4.94. The van der Waals surface area contributed by atoms with Crippen molar-refractivity contribution in [2.24, 2.45) is 0 Å². The first-order valence-electron chi connectivity index (χ1n) is 7.78. The molecule has 0 saturated carbocycles. The maximum Gasteiger partial charge on any atom is 0.171 e. The van der Waals surface area contributed by atoms with Crippen molar-refractivity contribution in [3.05, 3.63) is 82.8 Å². The van der Waals surface area contributed by atoms with Crippen molar-refractivity contribution in [2.45, 2.75) is 0 Å². The van der Waals surface area contributed by atoms with E-state index in [0.29, 0.717) is 0 Å². The van der Waals surface area contributed by atoms with Gasteiger partial charge in [0.2, 0.25) is 0 Å². The Morgan fingerprint density at radius 3 is 1.89 bits per heavy atom. The molecule has 2 aromatic rings. The van der Waals surface area contributed by atoms with E-state index in [9.17, 15) is 0 Å². The molecule has 1 aliphatic heterocycles. The Labute approximate surface area is 168 Å². The second-order valence-electron chi connectivity index (χ2n) is 5.66. The molecule has 0 aliphatic carbocycles. The van der Waals surface area contributed by atoms with Crippen molar-refractivity contribution < 1.29 is 33.5 Å². The molecular formula is C19H18ClNO4S2. The van der Waals surface area contributed by atoms with Crippen molar-refractivity contribution in [1.29, 1.82) is 0 Å². The van der Waals surface area contributed by atoms with Crippen LogP contribution in [0.15, 0.2) is 71.6 Å². The summed E-state index contributed by atoms with van der Waals surface area (Å²) < 4.78 is 36.1. The Balaban J connectivity index is 0.000000465. The van der Waals surface area contributed by atoms with Crippen LogP contribution in [0, 0.1) is 10.2 Å². The summed E-state index contributed by atoms with van der Waals surface area (Å²) in [5, 5.41) is 0. The topological polar surface area (TPSA) is 95.2 Å². The van der Waals surface area contributed by atoms with Crippen LogP contribution in [0.1, 0.15) is 11.1 Å². The molecule has 0 bridgehead atoms. The second kappa shape index (κ2) is 10.1. The fraction of sp³-hybridized carbons (Fsp3) is 0.105. The molecule has 8 heteroatoms. The first-order valence-corrected chi connectivity index (χ1v) is 11.2. The van der Waals surface area contributed by atoms with Gasteiger partial charge in [0.05, 0.1) is 5.57 Å². The lowest BCUT2D eigenvalue weighted by Gasteiger charge is -2.17. The molecule has 0 aromatic heterocycles. The minimum absolute atomic E-state index is 1.25. The summed E-state index contributed by atoms with van der Waals surface area (Å²) in [6.45, 7) is 0. The summed E-state index contributed by atoms with van der Waals surface area (Å²) in [5.74, 6) is 0. The van der Waals surface area contributed by atoms with Crippen molar-refractivity contribution >= 4 is 38.3 Å². The summed E-state index contributed by atoms with van der Waals surface area (Å²) in [7, 11) is 2.86. The lowest BCUT2D eigenvalue weighted by molar-refractivity contribution is -2.00. The summed E-state index contributed by atoms with van der Waals surface area (Å²) >= 11 is 0. The molecule has 0 atom stereocenters. The Bertz CT molecular complexity index is 837. The van der Waals surface area contributed by atoms with Gasteiger partial charge in [-0.2, -0.15) is 0 Å². The summed E-state index contributed by atoms with van der Waals surface area (Å²) in [6.07, 6.45) is 4.50. The van der Waals surface area contributed by atoms with Crippen LogP contribution in [0.25, 0.3) is 10.5 Å². The molecule has 27 heavy (non-hydrogen) atoms. The lowest BCUT2D eigenvalue weighted by atomic mass is 10.1. The van der Waals surface area contributed by atoms with E-state index < -0.39 is 10.2 Å². The zero-order chi connectivity index (χ0) is 19.9. The average molecular weight is 424 g/mol. The predicted molar refractivity (Wildman–Crippen MR) is 101 cm³/mol. The molecular weight excluding hydrogens is 406 g/mol. The van der Waals surface area contributed by atoms with Crippen LogP contribution in [0.2, 0.25) is 0 Å². The van der Waals surface area contributed by atoms with Crippen LogP contribution in [-0.2, 0) is 0 Å². The Kier molecular flexibility index (Phi) is 8.12. The van der Waals surface area contributed by atoms with Gasteiger partial charge in [-0.25, -0.2) is 23.2 Å². The zero-order valence-corrected chi connectivity index (χ0v) is 17.1. The van der Waals surface area contributed by atoms with Crippen LogP contribution in [0.4, 0.5) is 0 Å². The van der Waals surface area contributed by atoms with Crippen molar-refractivity contribution in [1.82, 2.24) is 0 Å². The van der Waals surface area contributed by atoms with Crippen LogP contribution in [0.3, 0.4) is 0 Å². The highest BCUT2D eigenvalue weighted by molar-refractivity contribution is 8.82. The van der Waals surface area contributed by atoms with Gasteiger partial charge in [0.25, 0.3) is 0 Å². The quantitative estimate of drug-likeness (QED) is 0.403. The van der Waals surface area contributed by atoms with Gasteiger partial charge in [-0.05, 0) is 17.2 Å². The van der Waals surface area contributed by atoms with E-state index in [1.807, 2.05) is 21.6 Å². The molecule has 1 aliphatic rings. The van der Waals surface area contributed by atoms with E-state index in [1.54, 1.807) is 0 Å². The zero-order valence-electron chi connectivity index (χ0n) is 14.7. The van der Waals surface area contributed by atoms with Crippen LogP contribution in [0.5, 0.6) is 0 Å². The highest BCUT2D eigenvalue weighted by Crippen LogP contribution is 2.51. The molecule has 3 rings (SSSR count). The second-order valence-corrected chi connectivity index (χ2v) is 8.62. The molecule has 0 N–H and O–H groups in total. The molecule has 0 fully saturated rings. The maximum absolute atomic E-state index is 8.49. The van der Waals surface area contributed by atoms with Crippen LogP contribution < -0.4 is 18.6 Å². The standard InChI is InChI=1S/C19H18NS2.ClHO4/c1-20(2)14-17(15-9-5-3-6-10-15)19-13-18(21-22-19)16-11-7-4-8-12-16;2-1(3,4)5/h3-14H,1-2H3;(H,2,3,4,5)/q+1;/p-1/b19-17+;. The normalized spacial score (nSPS) is 15.4. The van der Waals surface area contributed by atoms with Gasteiger partial charge in [0, 0.05) is 9.81 Å². The average Bonchev–Trinajstić information content (AvgIpc) is 3.09. The van der Waals surface area contributed by atoms with Crippen molar-refractivity contribution in [3.63, 3.8) is 0 Å². The monoisotopic (exact) mass is 423 g/mol. The molecule has 1 heterocycles. The van der Waals surface area contributed by atoms with Crippen molar-refractivity contribution in [2.75, 3.05) is 14.1 Å². The van der Waals surface area contributed by atoms with Gasteiger partial charge in [0.1, 0.15) is 14.1 Å². The number of nitrogens with zero attached hydrogens (tertiary/aromatic N) is 1. The number of benzene rings is 2. The minimum Gasteiger partial charge on any atom is -0.241 e. The molecule has 0 radical (unpaired) electrons. The van der Waals surface area contributed by atoms with E-state index in [0.717, 1.165) is 0 Å². The van der Waals surface area contributed by atoms with E-state index in [-0.39, 0.29) is 0 Å². The molecule has 5 nitrogen and oxygen atoms in total. The smallest absolute Gasteiger partial charge is 0.171 e. The number of rotatable bonds is 3. The highest BCUT2D eigenvalue weighted by atomic mass is 35.7. The third-order valence-corrected chi connectivity index (χ3v) is 5.74. The molecule has 2 aromatic carbocycles. The number of hydrogen-bond donors (Lipinski definition) is 0. The fourth-order valence-corrected chi connectivity index (χ4v) is 4.73. The van der Waals surface area contributed by atoms with E-state index >= 15 is 0 Å². The summed E-state index contributed by atoms with van der Waals surface area (Å²) in [5.41, 5.74) is 3.81. The van der Waals surface area contributed by atoms with Gasteiger partial charge in [-0.1, -0.05) is 82.3 Å². The first-order chi connectivity index (χ1) is 12.7. The van der Waals surface area contributed by atoms with E-state index in [2.05, 4.69) is 91.6 Å². The molecule has 0 spiro atoms. The number of hydrogen-bond acceptors (Lipinski definition) is 6. The van der Waals surface area contributed by atoms with Gasteiger partial charge in [-0.3, -0.25) is 0 Å². The predicted octanol–water partition coefficient (Wildman–Crippen LogP) is 0.421. The van der Waals surface area contributed by atoms with E-state index in [4.69, 9.17) is 18.6 Å². The van der Waals surface area contributed by atoms with Crippen molar-refractivity contribution in [3.8, 4) is 0 Å². The highest BCUT2D eigenvalue weighted by Gasteiger charge is 2.18. The Hall–Kier alpha value is -1.58. The largest absolute Gasteiger partial charge is 0.241 e.